The summed E-state index contributed by atoms with van der Waals surface area (Å²) in [5.74, 6) is -0.291. The highest BCUT2D eigenvalue weighted by molar-refractivity contribution is 7.92. The Kier molecular flexibility index (Phi) is 12.2. The van der Waals surface area contributed by atoms with E-state index in [1.54, 1.807) is 55.6 Å². The lowest BCUT2D eigenvalue weighted by atomic mass is 10.0. The maximum Gasteiger partial charge on any atom is 0.264 e. The van der Waals surface area contributed by atoms with Gasteiger partial charge in [-0.25, -0.2) is 8.42 Å². The van der Waals surface area contributed by atoms with E-state index in [-0.39, 0.29) is 34.5 Å². The first-order valence-corrected chi connectivity index (χ1v) is 17.0. The minimum Gasteiger partial charge on any atom is -0.497 e. The minimum absolute atomic E-state index is 0.0170. The van der Waals surface area contributed by atoms with E-state index < -0.39 is 28.5 Å². The number of methoxy groups -OCH3 is 1. The topological polar surface area (TPSA) is 96.0 Å². The van der Waals surface area contributed by atoms with Crippen LogP contribution >= 0.6 is 11.6 Å². The van der Waals surface area contributed by atoms with E-state index >= 15 is 0 Å². The van der Waals surface area contributed by atoms with Crippen molar-refractivity contribution >= 4 is 39.1 Å². The number of anilines is 1. The fraction of sp³-hybridized carbons (Fsp3) is 0.278. The number of nitrogens with one attached hydrogen (secondary N) is 1. The number of halogens is 1. The fourth-order valence-electron chi connectivity index (χ4n) is 5.03. The Labute approximate surface area is 277 Å². The molecule has 0 unspecified atom stereocenters. The predicted molar refractivity (Wildman–Crippen MR) is 183 cm³/mol. The van der Waals surface area contributed by atoms with Gasteiger partial charge in [-0.2, -0.15) is 0 Å². The second kappa shape index (κ2) is 16.3. The van der Waals surface area contributed by atoms with Crippen molar-refractivity contribution in [2.24, 2.45) is 0 Å². The van der Waals surface area contributed by atoms with Gasteiger partial charge in [0.2, 0.25) is 11.8 Å². The van der Waals surface area contributed by atoms with Crippen LogP contribution in [-0.4, -0.2) is 51.4 Å². The molecule has 0 aliphatic carbocycles. The van der Waals surface area contributed by atoms with Crippen LogP contribution in [0.5, 0.6) is 5.75 Å². The molecule has 0 radical (unpaired) electrons. The van der Waals surface area contributed by atoms with Crippen LogP contribution in [0.3, 0.4) is 0 Å². The van der Waals surface area contributed by atoms with Gasteiger partial charge in [0.15, 0.2) is 0 Å². The van der Waals surface area contributed by atoms with E-state index in [4.69, 9.17) is 16.3 Å². The molecule has 1 atom stereocenters. The Balaban J connectivity index is 1.81. The highest BCUT2D eigenvalue weighted by Crippen LogP contribution is 2.31. The van der Waals surface area contributed by atoms with Crippen molar-refractivity contribution < 1.29 is 22.7 Å². The molecule has 0 fully saturated rings. The van der Waals surface area contributed by atoms with E-state index in [1.807, 2.05) is 56.3 Å². The Morgan fingerprint density at radius 3 is 2.24 bits per heavy atom. The summed E-state index contributed by atoms with van der Waals surface area (Å²) < 4.78 is 34.8. The predicted octanol–water partition coefficient (Wildman–Crippen LogP) is 6.41. The van der Waals surface area contributed by atoms with E-state index in [2.05, 4.69) is 5.32 Å². The van der Waals surface area contributed by atoms with Crippen molar-refractivity contribution in [1.82, 2.24) is 10.2 Å². The minimum atomic E-state index is -4.25. The molecular formula is C36H40ClN3O5S. The first-order chi connectivity index (χ1) is 22.1. The van der Waals surface area contributed by atoms with Crippen LogP contribution < -0.4 is 14.4 Å². The highest BCUT2D eigenvalue weighted by atomic mass is 35.5. The molecule has 0 saturated heterocycles. The summed E-state index contributed by atoms with van der Waals surface area (Å²) >= 11 is 6.55. The van der Waals surface area contributed by atoms with Crippen molar-refractivity contribution in [3.63, 3.8) is 0 Å². The van der Waals surface area contributed by atoms with Gasteiger partial charge < -0.3 is 15.0 Å². The quantitative estimate of drug-likeness (QED) is 0.149. The number of unbranched alkanes of at least 4 members (excludes halogenated alkanes) is 1. The summed E-state index contributed by atoms with van der Waals surface area (Å²) in [4.78, 5) is 29.9. The molecule has 8 nitrogen and oxygen atoms in total. The zero-order valence-corrected chi connectivity index (χ0v) is 27.9. The standard InChI is InChI=1S/C36H40ClN3O5S/c1-4-5-22-38-36(42)34(24-28-12-7-6-8-13-28)39(25-29-14-11-15-30(23-29)45-3)35(41)26-40(33-17-10-9-16-32(33)37)46(43,44)31-20-18-27(2)19-21-31/h6-21,23,34H,4-5,22,24-26H2,1-3H3,(H,38,42)/t34-/m0/s1. The number of carbonyl (C=O) groups is 2. The number of hydrogen-bond donors (Lipinski definition) is 1. The van der Waals surface area contributed by atoms with Crippen molar-refractivity contribution in [2.45, 2.75) is 50.6 Å². The van der Waals surface area contributed by atoms with Crippen LogP contribution in [-0.2, 0) is 32.6 Å². The average Bonchev–Trinajstić information content (AvgIpc) is 3.06. The molecule has 2 amide bonds. The number of aryl methyl sites for hydroxylation is 1. The summed E-state index contributed by atoms with van der Waals surface area (Å²) in [6, 6.07) is 28.6. The lowest BCUT2D eigenvalue weighted by Crippen LogP contribution is -2.53. The SMILES string of the molecule is CCCCNC(=O)[C@H](Cc1ccccc1)N(Cc1cccc(OC)c1)C(=O)CN(c1ccccc1Cl)S(=O)(=O)c1ccc(C)cc1. The molecule has 0 heterocycles. The molecule has 4 aromatic rings. The third kappa shape index (κ3) is 8.89. The van der Waals surface area contributed by atoms with Crippen LogP contribution in [0.25, 0.3) is 0 Å². The number of carbonyl (C=O) groups excluding carboxylic acids is 2. The van der Waals surface area contributed by atoms with Gasteiger partial charge in [-0.05, 0) is 60.9 Å². The first kappa shape index (κ1) is 34.5. The van der Waals surface area contributed by atoms with Crippen LogP contribution in [0.4, 0.5) is 5.69 Å². The number of rotatable bonds is 15. The Morgan fingerprint density at radius 2 is 1.57 bits per heavy atom. The number of hydrogen-bond acceptors (Lipinski definition) is 5. The Hall–Kier alpha value is -4.34. The van der Waals surface area contributed by atoms with Crippen LogP contribution in [0.15, 0.2) is 108 Å². The van der Waals surface area contributed by atoms with Gasteiger partial charge in [-0.1, -0.05) is 97.2 Å². The molecule has 4 aromatic carbocycles. The Morgan fingerprint density at radius 1 is 0.891 bits per heavy atom. The van der Waals surface area contributed by atoms with Crippen LogP contribution in [0.2, 0.25) is 5.02 Å². The number of amides is 2. The zero-order valence-electron chi connectivity index (χ0n) is 26.4. The molecule has 4 rings (SSSR count). The lowest BCUT2D eigenvalue weighted by molar-refractivity contribution is -0.140. The van der Waals surface area contributed by atoms with Crippen molar-refractivity contribution in [3.05, 3.63) is 125 Å². The van der Waals surface area contributed by atoms with Crippen LogP contribution in [0.1, 0.15) is 36.5 Å². The highest BCUT2D eigenvalue weighted by Gasteiger charge is 2.35. The maximum atomic E-state index is 14.6. The van der Waals surface area contributed by atoms with Gasteiger partial charge in [-0.3, -0.25) is 13.9 Å². The lowest BCUT2D eigenvalue weighted by Gasteiger charge is -2.34. The number of para-hydroxylation sites is 1. The average molecular weight is 662 g/mol. The van der Waals surface area contributed by atoms with E-state index in [0.29, 0.717) is 12.3 Å². The van der Waals surface area contributed by atoms with Gasteiger partial charge in [-0.15, -0.1) is 0 Å². The van der Waals surface area contributed by atoms with Crippen molar-refractivity contribution in [1.29, 1.82) is 0 Å². The second-order valence-electron chi connectivity index (χ2n) is 11.0. The number of benzene rings is 4. The molecule has 10 heteroatoms. The molecule has 0 bridgehead atoms. The van der Waals surface area contributed by atoms with Crippen LogP contribution in [0, 0.1) is 6.92 Å². The zero-order chi connectivity index (χ0) is 33.1. The summed E-state index contributed by atoms with van der Waals surface area (Å²) in [6.07, 6.45) is 1.90. The molecule has 0 spiro atoms. The molecule has 242 valence electrons. The van der Waals surface area contributed by atoms with Gasteiger partial charge >= 0.3 is 0 Å². The molecule has 46 heavy (non-hydrogen) atoms. The monoisotopic (exact) mass is 661 g/mol. The van der Waals surface area contributed by atoms with Gasteiger partial charge in [0.1, 0.15) is 18.3 Å². The summed E-state index contributed by atoms with van der Waals surface area (Å²) in [5.41, 5.74) is 2.63. The molecule has 0 aromatic heterocycles. The van der Waals surface area contributed by atoms with E-state index in [0.717, 1.165) is 33.8 Å². The van der Waals surface area contributed by atoms with Gasteiger partial charge in [0.05, 0.1) is 22.7 Å². The number of nitrogens with zero attached hydrogens (tertiary/aromatic N) is 2. The maximum absolute atomic E-state index is 14.6. The number of sulfonamides is 1. The van der Waals surface area contributed by atoms with Crippen molar-refractivity contribution in [3.8, 4) is 5.75 Å². The summed E-state index contributed by atoms with van der Waals surface area (Å²) in [7, 11) is -2.69. The Bertz CT molecular complexity index is 1720. The van der Waals surface area contributed by atoms with E-state index in [1.165, 1.54) is 17.0 Å². The first-order valence-electron chi connectivity index (χ1n) is 15.2. The summed E-state index contributed by atoms with van der Waals surface area (Å²) in [6.45, 7) is 3.80. The molecular weight excluding hydrogens is 622 g/mol. The summed E-state index contributed by atoms with van der Waals surface area (Å²) in [5, 5.41) is 3.16. The van der Waals surface area contributed by atoms with Crippen molar-refractivity contribution in [2.75, 3.05) is 24.5 Å². The number of ether oxygens (including phenoxy) is 1. The van der Waals surface area contributed by atoms with Gasteiger partial charge in [0.25, 0.3) is 10.0 Å². The third-order valence-electron chi connectivity index (χ3n) is 7.60. The molecule has 0 aliphatic rings. The molecule has 0 saturated carbocycles. The normalized spacial score (nSPS) is 11.8. The molecule has 1 N–H and O–H groups in total. The fourth-order valence-corrected chi connectivity index (χ4v) is 6.75. The van der Waals surface area contributed by atoms with E-state index in [9.17, 15) is 18.0 Å². The van der Waals surface area contributed by atoms with Gasteiger partial charge in [0, 0.05) is 19.5 Å². The second-order valence-corrected chi connectivity index (χ2v) is 13.3. The third-order valence-corrected chi connectivity index (χ3v) is 9.69. The molecule has 0 aliphatic heterocycles. The largest absolute Gasteiger partial charge is 0.497 e. The smallest absolute Gasteiger partial charge is 0.264 e.